The minimum Gasteiger partial charge on any atom is -0.454 e. The Bertz CT molecular complexity index is 2810. The first-order chi connectivity index (χ1) is 27.6. The molecule has 0 unspecified atom stereocenters. The maximum atomic E-state index is 6.78. The second-order valence-corrected chi connectivity index (χ2v) is 15.1. The predicted octanol–water partition coefficient (Wildman–Crippen LogP) is 12.3. The van der Waals surface area contributed by atoms with Crippen molar-refractivity contribution in [1.29, 1.82) is 0 Å². The number of nitrogens with zero attached hydrogens (tertiary/aromatic N) is 3. The Hall–Kier alpha value is -6.98. The Morgan fingerprint density at radius 1 is 0.482 bits per heavy atom. The molecule has 2 aliphatic rings. The summed E-state index contributed by atoms with van der Waals surface area (Å²) >= 11 is 0. The molecule has 2 aliphatic heterocycles. The average Bonchev–Trinajstić information content (AvgIpc) is 3.64. The first kappa shape index (κ1) is 32.5. The molecule has 0 radical (unpaired) electrons. The van der Waals surface area contributed by atoms with Crippen molar-refractivity contribution in [1.82, 2.24) is 0 Å². The molecule has 0 fully saturated rings. The van der Waals surface area contributed by atoms with Crippen molar-refractivity contribution in [3.8, 4) is 0 Å². The van der Waals surface area contributed by atoms with Crippen LogP contribution in [0, 0.1) is 0 Å². The maximum Gasteiger partial charge on any atom is 0.252 e. The summed E-state index contributed by atoms with van der Waals surface area (Å²) < 4.78 is 6.78. The molecule has 0 bridgehead atoms. The van der Waals surface area contributed by atoms with Gasteiger partial charge in [0.15, 0.2) is 5.58 Å². The molecule has 0 atom stereocenters. The van der Waals surface area contributed by atoms with E-state index in [2.05, 4.69) is 211 Å². The van der Waals surface area contributed by atoms with Gasteiger partial charge in [0.25, 0.3) is 6.71 Å². The number of fused-ring (bicyclic) bond motifs is 7. The second-order valence-electron chi connectivity index (χ2n) is 15.1. The first-order valence-corrected chi connectivity index (χ1v) is 19.5. The fraction of sp³-hybridized carbons (Fsp3) is 0.0588. The summed E-state index contributed by atoms with van der Waals surface area (Å²) in [4.78, 5) is 7.33. The topological polar surface area (TPSA) is 22.9 Å². The van der Waals surface area contributed by atoms with Crippen LogP contribution in [0.4, 0.5) is 51.2 Å². The molecule has 5 heteroatoms. The summed E-state index contributed by atoms with van der Waals surface area (Å²) in [5, 5.41) is 2.21. The van der Waals surface area contributed by atoms with E-state index in [0.717, 1.165) is 61.8 Å². The van der Waals surface area contributed by atoms with Crippen molar-refractivity contribution in [2.75, 3.05) is 14.7 Å². The van der Waals surface area contributed by atoms with Gasteiger partial charge in [-0.1, -0.05) is 129 Å². The number of rotatable bonds is 6. The Morgan fingerprint density at radius 2 is 1.02 bits per heavy atom. The van der Waals surface area contributed by atoms with Crippen molar-refractivity contribution in [3.05, 3.63) is 194 Å². The second kappa shape index (κ2) is 12.8. The lowest BCUT2D eigenvalue weighted by Crippen LogP contribution is -2.61. The van der Waals surface area contributed by atoms with Gasteiger partial charge in [-0.25, -0.2) is 0 Å². The molecule has 0 amide bonds. The molecule has 11 rings (SSSR count). The number of benzene rings is 8. The fourth-order valence-corrected chi connectivity index (χ4v) is 9.07. The van der Waals surface area contributed by atoms with Crippen molar-refractivity contribution in [3.63, 3.8) is 0 Å². The monoisotopic (exact) mass is 719 g/mol. The highest BCUT2D eigenvalue weighted by Gasteiger charge is 2.43. The van der Waals surface area contributed by atoms with Crippen LogP contribution in [0.1, 0.15) is 25.3 Å². The van der Waals surface area contributed by atoms with Gasteiger partial charge in [0.1, 0.15) is 5.58 Å². The SMILES string of the molecule is CC(C)c1ccc(N(c2cc3c4c(c2)N(c2ccccc2)c2ccccc2B4c2ccccc2N3c2ccccc2)c2cccc3c2oc2ccccc23)cc1. The van der Waals surface area contributed by atoms with Gasteiger partial charge in [-0.05, 0) is 101 Å². The van der Waals surface area contributed by atoms with Crippen molar-refractivity contribution >= 4 is 96.2 Å². The summed E-state index contributed by atoms with van der Waals surface area (Å²) in [5.74, 6) is 0.417. The lowest BCUT2D eigenvalue weighted by Gasteiger charge is -2.45. The van der Waals surface area contributed by atoms with E-state index in [-0.39, 0.29) is 6.71 Å². The molecule has 1 aromatic heterocycles. The molecular formula is C51H38BN3O. The van der Waals surface area contributed by atoms with Crippen LogP contribution >= 0.6 is 0 Å². The van der Waals surface area contributed by atoms with Gasteiger partial charge < -0.3 is 19.1 Å². The molecule has 0 saturated heterocycles. The van der Waals surface area contributed by atoms with E-state index in [1.807, 2.05) is 6.07 Å². The highest BCUT2D eigenvalue weighted by Crippen LogP contribution is 2.49. The fourth-order valence-electron chi connectivity index (χ4n) is 9.07. The van der Waals surface area contributed by atoms with Crippen LogP contribution in [0.3, 0.4) is 0 Å². The predicted molar refractivity (Wildman–Crippen MR) is 237 cm³/mol. The molecular weight excluding hydrogens is 681 g/mol. The van der Waals surface area contributed by atoms with E-state index in [1.54, 1.807) is 0 Å². The van der Waals surface area contributed by atoms with Crippen LogP contribution in [0.25, 0.3) is 21.9 Å². The van der Waals surface area contributed by atoms with Gasteiger partial charge in [-0.3, -0.25) is 0 Å². The van der Waals surface area contributed by atoms with Gasteiger partial charge in [-0.2, -0.15) is 0 Å². The molecule has 0 aliphatic carbocycles. The third-order valence-electron chi connectivity index (χ3n) is 11.6. The van der Waals surface area contributed by atoms with Gasteiger partial charge in [0, 0.05) is 50.6 Å². The molecule has 8 aromatic carbocycles. The van der Waals surface area contributed by atoms with Crippen molar-refractivity contribution < 1.29 is 4.42 Å². The maximum absolute atomic E-state index is 6.78. The molecule has 0 saturated carbocycles. The normalized spacial score (nSPS) is 12.9. The molecule has 3 heterocycles. The average molecular weight is 720 g/mol. The van der Waals surface area contributed by atoms with Gasteiger partial charge in [-0.15, -0.1) is 0 Å². The zero-order valence-corrected chi connectivity index (χ0v) is 31.3. The summed E-state index contributed by atoms with van der Waals surface area (Å²) in [7, 11) is 0. The van der Waals surface area contributed by atoms with E-state index >= 15 is 0 Å². The minimum absolute atomic E-state index is 0.0407. The third-order valence-corrected chi connectivity index (χ3v) is 11.6. The Kier molecular flexibility index (Phi) is 7.43. The van der Waals surface area contributed by atoms with Crippen molar-refractivity contribution in [2.45, 2.75) is 19.8 Å². The van der Waals surface area contributed by atoms with E-state index in [1.165, 1.54) is 33.3 Å². The Labute approximate surface area is 327 Å². The van der Waals surface area contributed by atoms with Crippen LogP contribution in [0.15, 0.2) is 192 Å². The first-order valence-electron chi connectivity index (χ1n) is 19.5. The molecule has 4 nitrogen and oxygen atoms in total. The number of anilines is 9. The largest absolute Gasteiger partial charge is 0.454 e. The molecule has 0 N–H and O–H groups in total. The molecule has 0 spiro atoms. The van der Waals surface area contributed by atoms with E-state index in [0.29, 0.717) is 5.92 Å². The van der Waals surface area contributed by atoms with E-state index in [4.69, 9.17) is 4.42 Å². The Balaban J connectivity index is 1.26. The molecule has 9 aromatic rings. The summed E-state index contributed by atoms with van der Waals surface area (Å²) in [6.45, 7) is 4.54. The van der Waals surface area contributed by atoms with Crippen molar-refractivity contribution in [2.24, 2.45) is 0 Å². The van der Waals surface area contributed by atoms with Gasteiger partial charge in [0.2, 0.25) is 0 Å². The Morgan fingerprint density at radius 3 is 1.62 bits per heavy atom. The van der Waals surface area contributed by atoms with Crippen LogP contribution < -0.4 is 31.1 Å². The smallest absolute Gasteiger partial charge is 0.252 e. The van der Waals surface area contributed by atoms with Crippen LogP contribution in [-0.4, -0.2) is 6.71 Å². The molecule has 56 heavy (non-hydrogen) atoms. The summed E-state index contributed by atoms with van der Waals surface area (Å²) in [6.07, 6.45) is 0. The summed E-state index contributed by atoms with van der Waals surface area (Å²) in [5.41, 5.74) is 17.0. The quantitative estimate of drug-likeness (QED) is 0.160. The van der Waals surface area contributed by atoms with E-state index < -0.39 is 0 Å². The minimum atomic E-state index is 0.0407. The van der Waals surface area contributed by atoms with Gasteiger partial charge in [0.05, 0.1) is 11.4 Å². The zero-order chi connectivity index (χ0) is 37.3. The lowest BCUT2D eigenvalue weighted by atomic mass is 9.33. The van der Waals surface area contributed by atoms with Crippen LogP contribution in [0.2, 0.25) is 0 Å². The summed E-state index contributed by atoms with van der Waals surface area (Å²) in [6, 6.07) is 68.3. The van der Waals surface area contributed by atoms with Gasteiger partial charge >= 0.3 is 0 Å². The standard InChI is InChI=1S/C51H38BN3O/c1-34(2)35-28-30-38(31-29-35)53(46-26-15-21-41-40-20-9-14-27-49(40)56-51(41)46)39-32-47-50-48(33-39)55(37-18-7-4-8-19-37)45-25-13-11-23-43(45)52(50)42-22-10-12-24-44(42)54(47)36-16-5-3-6-17-36/h3-34H,1-2H3. The zero-order valence-electron chi connectivity index (χ0n) is 31.3. The molecule has 266 valence electrons. The number of furan rings is 1. The van der Waals surface area contributed by atoms with Crippen LogP contribution in [0.5, 0.6) is 0 Å². The number of para-hydroxylation sites is 6. The van der Waals surface area contributed by atoms with E-state index in [9.17, 15) is 0 Å². The highest BCUT2D eigenvalue weighted by atomic mass is 16.3. The number of hydrogen-bond acceptors (Lipinski definition) is 4. The third kappa shape index (κ3) is 4.94. The highest BCUT2D eigenvalue weighted by molar-refractivity contribution is 7.00. The number of hydrogen-bond donors (Lipinski definition) is 0. The lowest BCUT2D eigenvalue weighted by molar-refractivity contribution is 0.669. The van der Waals surface area contributed by atoms with Crippen LogP contribution in [-0.2, 0) is 0 Å².